The Bertz CT molecular complexity index is 281. The number of rotatable bonds is 4. The van der Waals surface area contributed by atoms with Crippen LogP contribution in [-0.2, 0) is 0 Å². The molecule has 0 bridgehead atoms. The van der Waals surface area contributed by atoms with Crippen molar-refractivity contribution in [2.45, 2.75) is 18.8 Å². The first-order chi connectivity index (χ1) is 6.40. The molecule has 1 fully saturated rings. The van der Waals surface area contributed by atoms with Crippen LogP contribution < -0.4 is 11.1 Å². The van der Waals surface area contributed by atoms with Crippen LogP contribution in [0.3, 0.4) is 0 Å². The quantitative estimate of drug-likeness (QED) is 0.729. The minimum absolute atomic E-state index is 0.668. The largest absolute Gasteiger partial charge is 0.384 e. The van der Waals surface area contributed by atoms with Crippen LogP contribution in [0.5, 0.6) is 0 Å². The second-order valence-corrected chi connectivity index (χ2v) is 3.46. The molecule has 3 nitrogen and oxygen atoms in total. The number of pyridine rings is 1. The Balaban J connectivity index is 2.03. The summed E-state index contributed by atoms with van der Waals surface area (Å²) in [5.74, 6) is 0.722. The molecule has 1 aromatic rings. The van der Waals surface area contributed by atoms with Crippen molar-refractivity contribution in [2.75, 3.05) is 18.4 Å². The number of hydrogen-bond donors (Lipinski definition) is 2. The molecule has 0 aromatic carbocycles. The lowest BCUT2D eigenvalue weighted by Crippen LogP contribution is -2.13. The second kappa shape index (κ2) is 3.75. The highest BCUT2D eigenvalue weighted by Gasteiger charge is 2.24. The van der Waals surface area contributed by atoms with Gasteiger partial charge in [-0.1, -0.05) is 0 Å². The van der Waals surface area contributed by atoms with Crippen molar-refractivity contribution in [1.82, 2.24) is 4.98 Å². The molecule has 0 saturated heterocycles. The summed E-state index contributed by atoms with van der Waals surface area (Å²) in [6, 6.07) is 4.12. The van der Waals surface area contributed by atoms with Gasteiger partial charge in [-0.3, -0.25) is 4.98 Å². The van der Waals surface area contributed by atoms with E-state index in [-0.39, 0.29) is 0 Å². The Labute approximate surface area is 78.4 Å². The zero-order chi connectivity index (χ0) is 9.10. The van der Waals surface area contributed by atoms with Crippen LogP contribution in [0.15, 0.2) is 18.3 Å². The summed E-state index contributed by atoms with van der Waals surface area (Å²) in [6.45, 7) is 1.50. The molecule has 13 heavy (non-hydrogen) atoms. The number of aromatic nitrogens is 1. The van der Waals surface area contributed by atoms with Crippen molar-refractivity contribution in [1.29, 1.82) is 0 Å². The summed E-state index contributed by atoms with van der Waals surface area (Å²) in [4.78, 5) is 4.34. The maximum atomic E-state index is 5.41. The van der Waals surface area contributed by atoms with E-state index >= 15 is 0 Å². The van der Waals surface area contributed by atoms with E-state index in [4.69, 9.17) is 5.73 Å². The Morgan fingerprint density at radius 1 is 1.54 bits per heavy atom. The van der Waals surface area contributed by atoms with Gasteiger partial charge in [0.15, 0.2) is 0 Å². The minimum atomic E-state index is 0.668. The van der Waals surface area contributed by atoms with E-state index in [1.54, 1.807) is 0 Å². The highest BCUT2D eigenvalue weighted by molar-refractivity contribution is 5.44. The van der Waals surface area contributed by atoms with Crippen molar-refractivity contribution < 1.29 is 0 Å². The predicted octanol–water partition coefficient (Wildman–Crippen LogP) is 1.33. The lowest BCUT2D eigenvalue weighted by Gasteiger charge is -2.05. The molecule has 0 aliphatic heterocycles. The fourth-order valence-corrected chi connectivity index (χ4v) is 1.38. The molecule has 0 radical (unpaired) electrons. The van der Waals surface area contributed by atoms with Crippen molar-refractivity contribution >= 4 is 5.69 Å². The smallest absolute Gasteiger partial charge is 0.0455 e. The van der Waals surface area contributed by atoms with Crippen LogP contribution >= 0.6 is 0 Å². The van der Waals surface area contributed by atoms with E-state index in [1.807, 2.05) is 12.3 Å². The first kappa shape index (κ1) is 8.51. The first-order valence-electron chi connectivity index (χ1n) is 4.80. The summed E-state index contributed by atoms with van der Waals surface area (Å²) in [5.41, 5.74) is 7.77. The minimum Gasteiger partial charge on any atom is -0.384 e. The molecular formula is C10H15N3. The topological polar surface area (TPSA) is 50.9 Å². The van der Waals surface area contributed by atoms with Gasteiger partial charge in [0, 0.05) is 36.6 Å². The van der Waals surface area contributed by atoms with Gasteiger partial charge in [-0.2, -0.15) is 0 Å². The Hall–Kier alpha value is -1.09. The molecule has 1 aromatic heterocycles. The monoisotopic (exact) mass is 177 g/mol. The average molecular weight is 177 g/mol. The van der Waals surface area contributed by atoms with Gasteiger partial charge in [0.05, 0.1) is 0 Å². The van der Waals surface area contributed by atoms with E-state index in [0.29, 0.717) is 6.54 Å². The summed E-state index contributed by atoms with van der Waals surface area (Å²) in [7, 11) is 0. The molecule has 0 spiro atoms. The highest BCUT2D eigenvalue weighted by Crippen LogP contribution is 2.39. The molecule has 1 aliphatic carbocycles. The summed E-state index contributed by atoms with van der Waals surface area (Å²) < 4.78 is 0. The zero-order valence-corrected chi connectivity index (χ0v) is 7.66. The third-order valence-corrected chi connectivity index (χ3v) is 2.25. The van der Waals surface area contributed by atoms with Gasteiger partial charge in [-0.15, -0.1) is 0 Å². The summed E-state index contributed by atoms with van der Waals surface area (Å²) >= 11 is 0. The maximum Gasteiger partial charge on any atom is 0.0455 e. The van der Waals surface area contributed by atoms with Crippen LogP contribution in [0.2, 0.25) is 0 Å². The molecular weight excluding hydrogens is 162 g/mol. The number of hydrogen-bond acceptors (Lipinski definition) is 3. The van der Waals surface area contributed by atoms with E-state index < -0.39 is 0 Å². The van der Waals surface area contributed by atoms with Crippen LogP contribution in [0, 0.1) is 0 Å². The molecule has 3 N–H and O–H groups in total. The van der Waals surface area contributed by atoms with Crippen molar-refractivity contribution in [3.05, 3.63) is 24.0 Å². The molecule has 0 amide bonds. The third-order valence-electron chi connectivity index (χ3n) is 2.25. The van der Waals surface area contributed by atoms with Gasteiger partial charge in [0.25, 0.3) is 0 Å². The molecule has 0 atom stereocenters. The van der Waals surface area contributed by atoms with E-state index in [1.165, 1.54) is 18.5 Å². The second-order valence-electron chi connectivity index (χ2n) is 3.46. The summed E-state index contributed by atoms with van der Waals surface area (Å²) in [5, 5.41) is 3.25. The standard InChI is InChI=1S/C10H15N3/c11-4-6-12-9-3-5-13-10(7-9)8-1-2-8/h3,5,7-8H,1-2,4,6,11H2,(H,12,13). The van der Waals surface area contributed by atoms with Gasteiger partial charge in [0.2, 0.25) is 0 Å². The molecule has 3 heteroatoms. The molecule has 0 unspecified atom stereocenters. The molecule has 1 saturated carbocycles. The molecule has 1 aliphatic rings. The number of nitrogens with two attached hydrogens (primary N) is 1. The lowest BCUT2D eigenvalue weighted by atomic mass is 10.2. The zero-order valence-electron chi connectivity index (χ0n) is 7.66. The van der Waals surface area contributed by atoms with Crippen molar-refractivity contribution in [2.24, 2.45) is 5.73 Å². The third kappa shape index (κ3) is 2.18. The SMILES string of the molecule is NCCNc1ccnc(C2CC2)c1. The van der Waals surface area contributed by atoms with Gasteiger partial charge in [-0.25, -0.2) is 0 Å². The average Bonchev–Trinajstić information content (AvgIpc) is 2.98. The lowest BCUT2D eigenvalue weighted by molar-refractivity contribution is 1.00. The first-order valence-corrected chi connectivity index (χ1v) is 4.80. The molecule has 2 rings (SSSR count). The van der Waals surface area contributed by atoms with Crippen LogP contribution in [0.25, 0.3) is 0 Å². The maximum absolute atomic E-state index is 5.41. The summed E-state index contributed by atoms with van der Waals surface area (Å²) in [6.07, 6.45) is 4.47. The Morgan fingerprint density at radius 2 is 2.38 bits per heavy atom. The number of nitrogens with one attached hydrogen (secondary N) is 1. The van der Waals surface area contributed by atoms with E-state index in [0.717, 1.165) is 18.2 Å². The number of nitrogens with zero attached hydrogens (tertiary/aromatic N) is 1. The van der Waals surface area contributed by atoms with Gasteiger partial charge in [-0.05, 0) is 25.0 Å². The molecule has 1 heterocycles. The Morgan fingerprint density at radius 3 is 3.08 bits per heavy atom. The highest BCUT2D eigenvalue weighted by atomic mass is 14.9. The van der Waals surface area contributed by atoms with Crippen LogP contribution in [0.4, 0.5) is 5.69 Å². The van der Waals surface area contributed by atoms with Gasteiger partial charge >= 0.3 is 0 Å². The fourth-order valence-electron chi connectivity index (χ4n) is 1.38. The van der Waals surface area contributed by atoms with Gasteiger partial charge in [0.1, 0.15) is 0 Å². The van der Waals surface area contributed by atoms with E-state index in [9.17, 15) is 0 Å². The molecule has 70 valence electrons. The van der Waals surface area contributed by atoms with Crippen molar-refractivity contribution in [3.63, 3.8) is 0 Å². The van der Waals surface area contributed by atoms with Gasteiger partial charge < -0.3 is 11.1 Å². The normalized spacial score (nSPS) is 15.8. The van der Waals surface area contributed by atoms with Crippen LogP contribution in [-0.4, -0.2) is 18.1 Å². The Kier molecular flexibility index (Phi) is 2.45. The van der Waals surface area contributed by atoms with Crippen molar-refractivity contribution in [3.8, 4) is 0 Å². The van der Waals surface area contributed by atoms with Crippen LogP contribution in [0.1, 0.15) is 24.5 Å². The fraction of sp³-hybridized carbons (Fsp3) is 0.500. The predicted molar refractivity (Wildman–Crippen MR) is 53.8 cm³/mol. The number of anilines is 1. The van der Waals surface area contributed by atoms with E-state index in [2.05, 4.69) is 16.4 Å².